The Hall–Kier alpha value is -1.82. The topological polar surface area (TPSA) is 184 Å². The van der Waals surface area contributed by atoms with E-state index in [4.69, 9.17) is 25.5 Å². The van der Waals surface area contributed by atoms with E-state index in [9.17, 15) is 14.6 Å². The van der Waals surface area contributed by atoms with E-state index in [0.717, 1.165) is 12.8 Å². The number of hydrogen-bond acceptors (Lipinski definition) is 11. The van der Waals surface area contributed by atoms with Crippen LogP contribution >= 0.6 is 7.60 Å². The van der Waals surface area contributed by atoms with Crippen molar-refractivity contribution in [2.24, 2.45) is 0 Å². The Kier molecular flexibility index (Phi) is 17.3. The van der Waals surface area contributed by atoms with Gasteiger partial charge in [-0.2, -0.15) is 9.97 Å². The molecule has 230 valence electrons. The van der Waals surface area contributed by atoms with Gasteiger partial charge in [-0.15, -0.1) is 0 Å². The van der Waals surface area contributed by atoms with Gasteiger partial charge in [-0.25, -0.2) is 4.98 Å². The summed E-state index contributed by atoms with van der Waals surface area (Å²) in [5, 5.41) is 9.65. The number of hydrogen-bond donors (Lipinski definition) is 3. The van der Waals surface area contributed by atoms with E-state index in [1.54, 1.807) is 4.57 Å². The van der Waals surface area contributed by atoms with Crippen LogP contribution in [-0.4, -0.2) is 63.5 Å². The number of aliphatic hydroxyl groups excluding tert-OH is 1. The van der Waals surface area contributed by atoms with Crippen LogP contribution in [0.15, 0.2) is 6.33 Å². The molecule has 1 unspecified atom stereocenters. The molecule has 2 heterocycles. The molecule has 0 bridgehead atoms. The number of aromatic nitrogens is 4. The first kappa shape index (κ1) is 34.4. The lowest BCUT2D eigenvalue weighted by atomic mass is 10.0. The zero-order chi connectivity index (χ0) is 29.1. The van der Waals surface area contributed by atoms with Gasteiger partial charge >= 0.3 is 0 Å². The molecular weight excluding hydrogens is 535 g/mol. The van der Waals surface area contributed by atoms with Gasteiger partial charge < -0.3 is 44.6 Å². The van der Waals surface area contributed by atoms with E-state index in [0.29, 0.717) is 17.8 Å². The number of nitrogen functional groups attached to an aromatic ring is 2. The molecule has 0 spiro atoms. The molecule has 0 aliphatic heterocycles. The lowest BCUT2D eigenvalue weighted by Gasteiger charge is -2.25. The Morgan fingerprint density at radius 3 is 2.12 bits per heavy atom. The van der Waals surface area contributed by atoms with E-state index < -0.39 is 26.7 Å². The molecule has 2 aromatic heterocycles. The summed E-state index contributed by atoms with van der Waals surface area (Å²) < 4.78 is 29.6. The number of nitrogens with zero attached hydrogens (tertiary/aromatic N) is 4. The molecule has 0 aliphatic carbocycles. The maximum Gasteiger partial charge on any atom is 0.224 e. The van der Waals surface area contributed by atoms with Crippen LogP contribution in [0, 0.1) is 0 Å². The molecule has 0 saturated carbocycles. The van der Waals surface area contributed by atoms with Crippen molar-refractivity contribution >= 4 is 30.5 Å². The molecule has 0 fully saturated rings. The number of imidazole rings is 1. The first-order valence-corrected chi connectivity index (χ1v) is 16.6. The van der Waals surface area contributed by atoms with Crippen LogP contribution in [-0.2, 0) is 25.1 Å². The van der Waals surface area contributed by atoms with Crippen molar-refractivity contribution in [3.8, 4) is 0 Å². The highest BCUT2D eigenvalue weighted by molar-refractivity contribution is 7.51. The summed E-state index contributed by atoms with van der Waals surface area (Å²) in [6.45, 7) is 2.63. The monoisotopic (exact) mass is 585 g/mol. The van der Waals surface area contributed by atoms with Gasteiger partial charge in [-0.1, -0.05) is 90.4 Å². The lowest BCUT2D eigenvalue weighted by molar-refractivity contribution is -0.206. The van der Waals surface area contributed by atoms with Gasteiger partial charge in [0.2, 0.25) is 5.95 Å². The van der Waals surface area contributed by atoms with Crippen LogP contribution in [0.3, 0.4) is 0 Å². The Morgan fingerprint density at radius 1 is 0.925 bits per heavy atom. The molecule has 13 heteroatoms. The smallest absolute Gasteiger partial charge is 0.224 e. The van der Waals surface area contributed by atoms with Gasteiger partial charge in [0, 0.05) is 6.61 Å². The van der Waals surface area contributed by atoms with Crippen LogP contribution in [0.4, 0.5) is 11.8 Å². The molecule has 5 N–H and O–H groups in total. The van der Waals surface area contributed by atoms with Gasteiger partial charge in [0.1, 0.15) is 11.9 Å². The third-order valence-electron chi connectivity index (χ3n) is 6.74. The fourth-order valence-electron chi connectivity index (χ4n) is 4.47. The number of nitrogens with two attached hydrogens (primary N) is 2. The van der Waals surface area contributed by atoms with E-state index in [-0.39, 0.29) is 31.5 Å². The van der Waals surface area contributed by atoms with Crippen molar-refractivity contribution in [3.05, 3.63) is 6.33 Å². The van der Waals surface area contributed by atoms with E-state index in [1.165, 1.54) is 83.4 Å². The molecule has 12 nitrogen and oxygen atoms in total. The zero-order valence-electron chi connectivity index (χ0n) is 24.2. The maximum atomic E-state index is 12.2. The number of fused-ring (bicyclic) bond motifs is 1. The number of unbranched alkanes of at least 4 members (excludes halogenated alkanes) is 13. The largest absolute Gasteiger partial charge is 0.777 e. The second-order valence-electron chi connectivity index (χ2n) is 10.3. The first-order valence-electron chi connectivity index (χ1n) is 14.8. The normalized spacial score (nSPS) is 14.1. The minimum Gasteiger partial charge on any atom is -0.777 e. The average molecular weight is 586 g/mol. The molecule has 40 heavy (non-hydrogen) atoms. The standard InChI is InChI=1S/C27H51N6O6P/c1-2-3-4-5-6-7-8-9-10-11-12-13-14-15-16-37-17-18-39-40(35,36)22-38-23(20-34)19-33-21-30-24-25(28)31-27(29)32-26(24)33/h21,23,34H,2-20,22H2,1H3,(H,35,36)(H4,28,29,31,32)/p-1/t23-/m0/s1. The third-order valence-corrected chi connectivity index (χ3v) is 7.78. The first-order chi connectivity index (χ1) is 19.4. The number of aliphatic hydroxyl groups is 1. The van der Waals surface area contributed by atoms with Crippen molar-refractivity contribution in [1.82, 2.24) is 19.5 Å². The second-order valence-corrected chi connectivity index (χ2v) is 12.0. The summed E-state index contributed by atoms with van der Waals surface area (Å²) in [6, 6.07) is 0. The molecule has 2 rings (SSSR count). The Balaban J connectivity index is 1.46. The quantitative estimate of drug-likeness (QED) is 0.111. The second kappa shape index (κ2) is 20.1. The highest BCUT2D eigenvalue weighted by Crippen LogP contribution is 2.37. The van der Waals surface area contributed by atoms with E-state index in [1.807, 2.05) is 0 Å². The summed E-state index contributed by atoms with van der Waals surface area (Å²) in [4.78, 5) is 24.3. The minimum absolute atomic E-state index is 0.0164. The van der Waals surface area contributed by atoms with Crippen LogP contribution < -0.4 is 16.4 Å². The Labute approximate surface area is 238 Å². The van der Waals surface area contributed by atoms with Crippen molar-refractivity contribution in [2.45, 2.75) is 109 Å². The summed E-state index contributed by atoms with van der Waals surface area (Å²) in [6.07, 6.45) is 18.1. The zero-order valence-corrected chi connectivity index (χ0v) is 25.1. The van der Waals surface area contributed by atoms with Crippen LogP contribution in [0.2, 0.25) is 0 Å². The van der Waals surface area contributed by atoms with Gasteiger partial charge in [0.15, 0.2) is 19.1 Å². The highest BCUT2D eigenvalue weighted by atomic mass is 31.2. The lowest BCUT2D eigenvalue weighted by Crippen LogP contribution is -2.26. The minimum atomic E-state index is -4.26. The van der Waals surface area contributed by atoms with Crippen LogP contribution in [0.25, 0.3) is 11.2 Å². The van der Waals surface area contributed by atoms with E-state index >= 15 is 0 Å². The third kappa shape index (κ3) is 14.2. The molecule has 0 radical (unpaired) electrons. The Bertz CT molecular complexity index is 994. The van der Waals surface area contributed by atoms with Crippen molar-refractivity contribution in [1.29, 1.82) is 0 Å². The molecule has 2 aromatic rings. The van der Waals surface area contributed by atoms with Crippen LogP contribution in [0.1, 0.15) is 96.8 Å². The number of rotatable bonds is 25. The molecule has 0 amide bonds. The van der Waals surface area contributed by atoms with E-state index in [2.05, 4.69) is 21.9 Å². The summed E-state index contributed by atoms with van der Waals surface area (Å²) in [7, 11) is -4.26. The predicted octanol–water partition coefficient (Wildman–Crippen LogP) is 4.39. The Morgan fingerprint density at radius 2 is 1.52 bits per heavy atom. The van der Waals surface area contributed by atoms with Gasteiger partial charge in [0.05, 0.1) is 38.8 Å². The van der Waals surface area contributed by atoms with Crippen molar-refractivity contribution in [2.75, 3.05) is 44.2 Å². The molecule has 2 atom stereocenters. The maximum absolute atomic E-state index is 12.2. The average Bonchev–Trinajstić information content (AvgIpc) is 3.32. The summed E-state index contributed by atoms with van der Waals surface area (Å²) >= 11 is 0. The van der Waals surface area contributed by atoms with Crippen molar-refractivity contribution in [3.63, 3.8) is 0 Å². The van der Waals surface area contributed by atoms with Crippen molar-refractivity contribution < 1.29 is 28.6 Å². The fourth-order valence-corrected chi connectivity index (χ4v) is 5.29. The van der Waals surface area contributed by atoms with Crippen LogP contribution in [0.5, 0.6) is 0 Å². The molecule has 0 aromatic carbocycles. The van der Waals surface area contributed by atoms with Gasteiger partial charge in [-0.05, 0) is 6.42 Å². The molecule has 0 aliphatic rings. The predicted molar refractivity (Wildman–Crippen MR) is 156 cm³/mol. The van der Waals surface area contributed by atoms with Gasteiger partial charge in [0.25, 0.3) is 0 Å². The molecular formula is C27H50N6O6P-. The van der Waals surface area contributed by atoms with Gasteiger partial charge in [-0.3, -0.25) is 0 Å². The fraction of sp³-hybridized carbons (Fsp3) is 0.815. The highest BCUT2D eigenvalue weighted by Gasteiger charge is 2.18. The molecule has 0 saturated heterocycles. The summed E-state index contributed by atoms with van der Waals surface area (Å²) in [5.41, 5.74) is 12.2. The number of ether oxygens (including phenoxy) is 2. The number of anilines is 2. The SMILES string of the molecule is CCCCCCCCCCCCCCCCOCCOP(=O)([O-])CO[C@H](CO)Cn1cnc2c(N)nc(N)nc21. The summed E-state index contributed by atoms with van der Waals surface area (Å²) in [5.74, 6) is 0.115.